The Kier molecular flexibility index (Phi) is 5.37. The number of benzene rings is 2. The fourth-order valence-corrected chi connectivity index (χ4v) is 3.20. The molecule has 8 heteroatoms. The Balaban J connectivity index is 1.60. The SMILES string of the molecule is CCOc1ccc(NC(=O)C(C)(C)n2nc(-c3ccc4c(c3)OCO4)ccc2=O)cc1. The van der Waals surface area contributed by atoms with Crippen molar-refractivity contribution < 1.29 is 19.0 Å². The zero-order valence-corrected chi connectivity index (χ0v) is 17.5. The van der Waals surface area contributed by atoms with Crippen molar-refractivity contribution in [2.45, 2.75) is 26.3 Å². The zero-order chi connectivity index (χ0) is 22.0. The minimum absolute atomic E-state index is 0.171. The van der Waals surface area contributed by atoms with Crippen LogP contribution in [0.15, 0.2) is 59.4 Å². The van der Waals surface area contributed by atoms with Gasteiger partial charge in [0.2, 0.25) is 6.79 Å². The summed E-state index contributed by atoms with van der Waals surface area (Å²) in [5, 5.41) is 7.31. The van der Waals surface area contributed by atoms with Crippen molar-refractivity contribution in [3.63, 3.8) is 0 Å². The van der Waals surface area contributed by atoms with Crippen molar-refractivity contribution in [1.82, 2.24) is 9.78 Å². The lowest BCUT2D eigenvalue weighted by atomic mass is 10.0. The first-order valence-corrected chi connectivity index (χ1v) is 9.93. The molecular formula is C23H23N3O5. The van der Waals surface area contributed by atoms with E-state index in [1.807, 2.05) is 13.0 Å². The number of fused-ring (bicyclic) bond motifs is 1. The maximum absolute atomic E-state index is 13.0. The highest BCUT2D eigenvalue weighted by molar-refractivity contribution is 5.96. The van der Waals surface area contributed by atoms with Crippen molar-refractivity contribution >= 4 is 11.6 Å². The van der Waals surface area contributed by atoms with Crippen molar-refractivity contribution in [1.29, 1.82) is 0 Å². The Hall–Kier alpha value is -3.81. The van der Waals surface area contributed by atoms with E-state index in [-0.39, 0.29) is 18.3 Å². The zero-order valence-electron chi connectivity index (χ0n) is 17.5. The first kappa shape index (κ1) is 20.5. The Bertz CT molecular complexity index is 1170. The Morgan fingerprint density at radius 2 is 1.84 bits per heavy atom. The van der Waals surface area contributed by atoms with Crippen LogP contribution < -0.4 is 25.1 Å². The number of rotatable bonds is 6. The minimum Gasteiger partial charge on any atom is -0.494 e. The van der Waals surface area contributed by atoms with Gasteiger partial charge in [-0.25, -0.2) is 4.68 Å². The third-order valence-electron chi connectivity index (χ3n) is 4.98. The second kappa shape index (κ2) is 8.14. The summed E-state index contributed by atoms with van der Waals surface area (Å²) in [7, 11) is 0. The van der Waals surface area contributed by atoms with Crippen LogP contribution in [0.3, 0.4) is 0 Å². The van der Waals surface area contributed by atoms with Crippen LogP contribution in [0.4, 0.5) is 5.69 Å². The number of anilines is 1. The van der Waals surface area contributed by atoms with Crippen LogP contribution in [0.1, 0.15) is 20.8 Å². The summed E-state index contributed by atoms with van der Waals surface area (Å²) >= 11 is 0. The Morgan fingerprint density at radius 3 is 2.58 bits per heavy atom. The van der Waals surface area contributed by atoms with Gasteiger partial charge in [0, 0.05) is 17.3 Å². The molecule has 2 aromatic carbocycles. The normalized spacial score (nSPS) is 12.5. The second-order valence-corrected chi connectivity index (χ2v) is 7.51. The number of nitrogens with zero attached hydrogens (tertiary/aromatic N) is 2. The molecular weight excluding hydrogens is 398 g/mol. The number of amides is 1. The van der Waals surface area contributed by atoms with E-state index in [4.69, 9.17) is 14.2 Å². The number of nitrogens with one attached hydrogen (secondary N) is 1. The number of carbonyl (C=O) groups is 1. The minimum atomic E-state index is -1.23. The molecule has 1 amide bonds. The van der Waals surface area contributed by atoms with Gasteiger partial charge in [-0.2, -0.15) is 5.10 Å². The first-order chi connectivity index (χ1) is 14.9. The van der Waals surface area contributed by atoms with E-state index in [9.17, 15) is 9.59 Å². The van der Waals surface area contributed by atoms with E-state index in [0.29, 0.717) is 35.2 Å². The molecule has 1 aliphatic heterocycles. The van der Waals surface area contributed by atoms with Crippen LogP contribution in [0.2, 0.25) is 0 Å². The van der Waals surface area contributed by atoms with E-state index >= 15 is 0 Å². The molecule has 0 radical (unpaired) electrons. The van der Waals surface area contributed by atoms with Crippen LogP contribution in [0.25, 0.3) is 11.3 Å². The van der Waals surface area contributed by atoms with Gasteiger partial charge in [0.1, 0.15) is 11.3 Å². The third kappa shape index (κ3) is 4.09. The molecule has 0 bridgehead atoms. The lowest BCUT2D eigenvalue weighted by Crippen LogP contribution is -2.47. The number of hydrogen-bond donors (Lipinski definition) is 1. The van der Waals surface area contributed by atoms with E-state index in [1.165, 1.54) is 10.7 Å². The molecule has 1 aromatic heterocycles. The van der Waals surface area contributed by atoms with E-state index in [1.54, 1.807) is 56.3 Å². The molecule has 2 heterocycles. The molecule has 3 aromatic rings. The van der Waals surface area contributed by atoms with Crippen molar-refractivity contribution in [3.8, 4) is 28.5 Å². The van der Waals surface area contributed by atoms with E-state index in [2.05, 4.69) is 10.4 Å². The van der Waals surface area contributed by atoms with E-state index in [0.717, 1.165) is 5.56 Å². The van der Waals surface area contributed by atoms with Gasteiger partial charge in [-0.15, -0.1) is 0 Å². The molecule has 1 N–H and O–H groups in total. The molecule has 1 aliphatic rings. The molecule has 0 saturated heterocycles. The van der Waals surface area contributed by atoms with Gasteiger partial charge < -0.3 is 19.5 Å². The topological polar surface area (TPSA) is 91.7 Å². The summed E-state index contributed by atoms with van der Waals surface area (Å²) in [6, 6.07) is 15.5. The smallest absolute Gasteiger partial charge is 0.267 e. The van der Waals surface area contributed by atoms with Gasteiger partial charge >= 0.3 is 0 Å². The molecule has 0 atom stereocenters. The maximum atomic E-state index is 13.0. The quantitative estimate of drug-likeness (QED) is 0.656. The predicted molar refractivity (Wildman–Crippen MR) is 116 cm³/mol. The summed E-state index contributed by atoms with van der Waals surface area (Å²) in [4.78, 5) is 25.6. The van der Waals surface area contributed by atoms with Crippen LogP contribution in [0, 0.1) is 0 Å². The van der Waals surface area contributed by atoms with Gasteiger partial charge in [0.15, 0.2) is 11.5 Å². The summed E-state index contributed by atoms with van der Waals surface area (Å²) < 4.78 is 17.4. The highest BCUT2D eigenvalue weighted by atomic mass is 16.7. The van der Waals surface area contributed by atoms with Crippen molar-refractivity contribution in [3.05, 3.63) is 65.0 Å². The standard InChI is InChI=1S/C23H23N3O5/c1-4-29-17-8-6-16(7-9-17)24-22(28)23(2,3)26-21(27)12-10-18(25-26)15-5-11-19-20(13-15)31-14-30-19/h5-13H,4,14H2,1-3H3,(H,24,28). The molecule has 0 aliphatic carbocycles. The van der Waals surface area contributed by atoms with Crippen LogP contribution in [-0.4, -0.2) is 29.1 Å². The maximum Gasteiger partial charge on any atom is 0.267 e. The molecule has 31 heavy (non-hydrogen) atoms. The first-order valence-electron chi connectivity index (χ1n) is 9.93. The molecule has 4 rings (SSSR count). The van der Waals surface area contributed by atoms with Crippen LogP contribution in [-0.2, 0) is 10.3 Å². The Labute approximate surface area is 179 Å². The summed E-state index contributed by atoms with van der Waals surface area (Å²) in [6.07, 6.45) is 0. The number of aromatic nitrogens is 2. The predicted octanol–water partition coefficient (Wildman–Crippen LogP) is 3.41. The van der Waals surface area contributed by atoms with Gasteiger partial charge in [-0.1, -0.05) is 0 Å². The average Bonchev–Trinajstić information content (AvgIpc) is 3.23. The van der Waals surface area contributed by atoms with Gasteiger partial charge in [0.25, 0.3) is 11.5 Å². The van der Waals surface area contributed by atoms with Crippen LogP contribution in [0.5, 0.6) is 17.2 Å². The fraction of sp³-hybridized carbons (Fsp3) is 0.261. The molecule has 8 nitrogen and oxygen atoms in total. The molecule has 0 saturated carbocycles. The average molecular weight is 421 g/mol. The highest BCUT2D eigenvalue weighted by Crippen LogP contribution is 2.35. The summed E-state index contributed by atoms with van der Waals surface area (Å²) in [5.74, 6) is 1.62. The fourth-order valence-electron chi connectivity index (χ4n) is 3.20. The monoisotopic (exact) mass is 421 g/mol. The van der Waals surface area contributed by atoms with E-state index < -0.39 is 5.54 Å². The third-order valence-corrected chi connectivity index (χ3v) is 4.98. The largest absolute Gasteiger partial charge is 0.494 e. The number of ether oxygens (including phenoxy) is 3. The van der Waals surface area contributed by atoms with Crippen molar-refractivity contribution in [2.24, 2.45) is 0 Å². The Morgan fingerprint density at radius 1 is 1.10 bits per heavy atom. The second-order valence-electron chi connectivity index (χ2n) is 7.51. The highest BCUT2D eigenvalue weighted by Gasteiger charge is 2.32. The number of carbonyl (C=O) groups excluding carboxylic acids is 1. The summed E-state index contributed by atoms with van der Waals surface area (Å²) in [5.41, 5.74) is 0.278. The van der Waals surface area contributed by atoms with Gasteiger partial charge in [-0.3, -0.25) is 9.59 Å². The van der Waals surface area contributed by atoms with Crippen LogP contribution >= 0.6 is 0 Å². The molecule has 0 unspecified atom stereocenters. The van der Waals surface area contributed by atoms with Crippen molar-refractivity contribution in [2.75, 3.05) is 18.7 Å². The van der Waals surface area contributed by atoms with Gasteiger partial charge in [-0.05, 0) is 69.3 Å². The molecule has 0 fully saturated rings. The number of hydrogen-bond acceptors (Lipinski definition) is 6. The molecule has 0 spiro atoms. The van der Waals surface area contributed by atoms with Gasteiger partial charge in [0.05, 0.1) is 12.3 Å². The molecule has 160 valence electrons. The lowest BCUT2D eigenvalue weighted by Gasteiger charge is -2.25. The summed E-state index contributed by atoms with van der Waals surface area (Å²) in [6.45, 7) is 5.93. The lowest BCUT2D eigenvalue weighted by molar-refractivity contribution is -0.123.